The minimum absolute atomic E-state index is 0.299. The molecule has 0 bridgehead atoms. The molecule has 0 saturated carbocycles. The van der Waals surface area contributed by atoms with Crippen LogP contribution in [0.25, 0.3) is 0 Å². The van der Waals surface area contributed by atoms with Gasteiger partial charge in [0.25, 0.3) is 0 Å². The molecule has 1 heterocycles. The van der Waals surface area contributed by atoms with Crippen molar-refractivity contribution in [2.24, 2.45) is 0 Å². The van der Waals surface area contributed by atoms with Crippen LogP contribution in [0.3, 0.4) is 0 Å². The van der Waals surface area contributed by atoms with Crippen molar-refractivity contribution < 1.29 is 9.90 Å². The molecule has 0 amide bonds. The molecule has 0 atom stereocenters. The van der Waals surface area contributed by atoms with Gasteiger partial charge in [-0.05, 0) is 0 Å². The van der Waals surface area contributed by atoms with E-state index in [1.54, 1.807) is 0 Å². The van der Waals surface area contributed by atoms with Crippen LogP contribution in [0.1, 0.15) is 9.67 Å². The predicted octanol–water partition coefficient (Wildman–Crippen LogP) is 0.824. The molecule has 4 heteroatoms. The summed E-state index contributed by atoms with van der Waals surface area (Å²) in [7, 11) is 0. The Balaban J connectivity index is 3.01. The molecule has 0 spiro atoms. The molecule has 0 aromatic carbocycles. The van der Waals surface area contributed by atoms with E-state index >= 15 is 0 Å². The zero-order chi connectivity index (χ0) is 7.56. The molecule has 2 nitrogen and oxygen atoms in total. The number of hydrogen-bond donors (Lipinski definition) is 1. The summed E-state index contributed by atoms with van der Waals surface area (Å²) in [5, 5.41) is 10.4. The first-order valence-electron chi connectivity index (χ1n) is 2.60. The minimum atomic E-state index is -0.797. The van der Waals surface area contributed by atoms with Gasteiger partial charge in [-0.3, -0.25) is 0 Å². The van der Waals surface area contributed by atoms with Gasteiger partial charge in [-0.15, -0.1) is 0 Å². The van der Waals surface area contributed by atoms with E-state index in [1.807, 2.05) is 17.3 Å². The van der Waals surface area contributed by atoms with Crippen molar-refractivity contribution in [3.05, 3.63) is 16.3 Å². The third-order valence-electron chi connectivity index (χ3n) is 1.04. The summed E-state index contributed by atoms with van der Waals surface area (Å²) < 4.78 is 0.991. The van der Waals surface area contributed by atoms with Crippen LogP contribution in [-0.2, 0) is 0 Å². The maximum atomic E-state index is 10.5. The molecule has 0 aliphatic heterocycles. The van der Waals surface area contributed by atoms with E-state index in [0.717, 1.165) is 4.46 Å². The van der Waals surface area contributed by atoms with Crippen LogP contribution in [0.4, 0.5) is 0 Å². The first-order chi connectivity index (χ1) is 4.75. The summed E-state index contributed by atoms with van der Waals surface area (Å²) in [6, 6.07) is 1.88. The predicted molar refractivity (Wildman–Crippen MR) is 42.5 cm³/mol. The summed E-state index contributed by atoms with van der Waals surface area (Å²) in [5.74, 6) is 1.22. The van der Waals surface area contributed by atoms with Crippen molar-refractivity contribution in [3.8, 4) is 0 Å². The standard InChI is InChI=1S/C6H6O2SSe/c1-10-4-2-3-9-5(4)6(7)8/h2-3H,1H3,(H,7,8). The molecule has 0 aliphatic rings. The molecule has 54 valence electrons. The Morgan fingerprint density at radius 3 is 2.90 bits per heavy atom. The molecule has 1 aromatic heterocycles. The average Bonchev–Trinajstić information content (AvgIpc) is 2.33. The molecular weight excluding hydrogens is 215 g/mol. The van der Waals surface area contributed by atoms with Crippen molar-refractivity contribution in [3.63, 3.8) is 0 Å². The van der Waals surface area contributed by atoms with Crippen molar-refractivity contribution in [2.45, 2.75) is 5.82 Å². The molecule has 0 saturated heterocycles. The third kappa shape index (κ3) is 1.40. The van der Waals surface area contributed by atoms with Crippen molar-refractivity contribution in [1.29, 1.82) is 0 Å². The van der Waals surface area contributed by atoms with E-state index < -0.39 is 5.97 Å². The molecule has 0 fully saturated rings. The Morgan fingerprint density at radius 1 is 1.80 bits per heavy atom. The summed E-state index contributed by atoms with van der Waals surface area (Å²) in [6.45, 7) is 0. The summed E-state index contributed by atoms with van der Waals surface area (Å²) in [6.07, 6.45) is 0. The number of aromatic carboxylic acids is 1. The Morgan fingerprint density at radius 2 is 2.50 bits per heavy atom. The summed E-state index contributed by atoms with van der Waals surface area (Å²) in [4.78, 5) is 11.0. The Bertz CT molecular complexity index is 244. The third-order valence-corrected chi connectivity index (χ3v) is 3.87. The van der Waals surface area contributed by atoms with Crippen LogP contribution in [0.2, 0.25) is 5.82 Å². The van der Waals surface area contributed by atoms with Crippen LogP contribution in [0.5, 0.6) is 0 Å². The van der Waals surface area contributed by atoms with Gasteiger partial charge in [0.05, 0.1) is 0 Å². The van der Waals surface area contributed by atoms with Crippen LogP contribution in [0, 0.1) is 0 Å². The van der Waals surface area contributed by atoms with Crippen LogP contribution in [-0.4, -0.2) is 26.0 Å². The fraction of sp³-hybridized carbons (Fsp3) is 0.167. The number of carboxylic acids is 1. The maximum absolute atomic E-state index is 10.5. The molecular formula is C6H6O2SSe. The Kier molecular flexibility index (Phi) is 2.49. The van der Waals surface area contributed by atoms with E-state index in [1.165, 1.54) is 11.3 Å². The topological polar surface area (TPSA) is 37.3 Å². The van der Waals surface area contributed by atoms with Crippen LogP contribution in [0.15, 0.2) is 11.4 Å². The molecule has 1 aromatic rings. The normalized spacial score (nSPS) is 9.70. The number of hydrogen-bond acceptors (Lipinski definition) is 2. The fourth-order valence-corrected chi connectivity index (χ4v) is 3.17. The molecule has 1 N–H and O–H groups in total. The fourth-order valence-electron chi connectivity index (χ4n) is 0.614. The Labute approximate surface area is 69.0 Å². The number of thiophene rings is 1. The molecule has 0 aliphatic carbocycles. The summed E-state index contributed by atoms with van der Waals surface area (Å²) >= 11 is 1.60. The van der Waals surface area contributed by atoms with Gasteiger partial charge in [-0.1, -0.05) is 0 Å². The van der Waals surface area contributed by atoms with E-state index in [0.29, 0.717) is 19.8 Å². The Hall–Kier alpha value is -0.311. The van der Waals surface area contributed by atoms with Gasteiger partial charge in [0, 0.05) is 0 Å². The van der Waals surface area contributed by atoms with Gasteiger partial charge in [0.2, 0.25) is 0 Å². The van der Waals surface area contributed by atoms with Crippen molar-refractivity contribution >= 4 is 36.7 Å². The number of carbonyl (C=O) groups is 1. The molecule has 1 rings (SSSR count). The van der Waals surface area contributed by atoms with Gasteiger partial charge in [-0.25, -0.2) is 0 Å². The SMILES string of the molecule is C[Se]c1ccsc1C(=O)O. The average molecular weight is 221 g/mol. The monoisotopic (exact) mass is 222 g/mol. The second-order valence-corrected chi connectivity index (χ2v) is 4.32. The van der Waals surface area contributed by atoms with Gasteiger partial charge >= 0.3 is 68.8 Å². The quantitative estimate of drug-likeness (QED) is 0.751. The zero-order valence-corrected chi connectivity index (χ0v) is 7.86. The second-order valence-electron chi connectivity index (χ2n) is 1.62. The molecule has 0 radical (unpaired) electrons. The van der Waals surface area contributed by atoms with Gasteiger partial charge in [0.1, 0.15) is 0 Å². The van der Waals surface area contributed by atoms with E-state index in [9.17, 15) is 4.79 Å². The number of rotatable bonds is 2. The zero-order valence-electron chi connectivity index (χ0n) is 5.33. The molecule has 0 unspecified atom stereocenters. The second kappa shape index (κ2) is 3.19. The molecule has 10 heavy (non-hydrogen) atoms. The van der Waals surface area contributed by atoms with Crippen molar-refractivity contribution in [1.82, 2.24) is 0 Å². The van der Waals surface area contributed by atoms with Gasteiger partial charge < -0.3 is 0 Å². The van der Waals surface area contributed by atoms with Gasteiger partial charge in [0.15, 0.2) is 0 Å². The first-order valence-corrected chi connectivity index (χ1v) is 6.05. The first kappa shape index (κ1) is 7.79. The van der Waals surface area contributed by atoms with E-state index in [4.69, 9.17) is 5.11 Å². The van der Waals surface area contributed by atoms with Crippen LogP contribution >= 0.6 is 11.3 Å². The van der Waals surface area contributed by atoms with E-state index in [-0.39, 0.29) is 0 Å². The summed E-state index contributed by atoms with van der Waals surface area (Å²) in [5.41, 5.74) is 0. The van der Waals surface area contributed by atoms with E-state index in [2.05, 4.69) is 0 Å². The number of carboxylic acid groups (broad SMARTS) is 1. The van der Waals surface area contributed by atoms with Crippen LogP contribution < -0.4 is 4.46 Å². The van der Waals surface area contributed by atoms with Crippen molar-refractivity contribution in [2.75, 3.05) is 0 Å². The van der Waals surface area contributed by atoms with Gasteiger partial charge in [-0.2, -0.15) is 0 Å².